The molecular formula is C24H21ClFN9O2. The third-order valence-electron chi connectivity index (χ3n) is 5.90. The van der Waals surface area contributed by atoms with Gasteiger partial charge in [0.2, 0.25) is 5.95 Å². The maximum atomic E-state index is 14.3. The summed E-state index contributed by atoms with van der Waals surface area (Å²) in [4.78, 5) is 24.6. The molecule has 188 valence electrons. The fraction of sp³-hybridized carbons (Fsp3) is 0.167. The Hall–Kier alpha value is -4.58. The Morgan fingerprint density at radius 3 is 2.73 bits per heavy atom. The first kappa shape index (κ1) is 24.1. The minimum Gasteiger partial charge on any atom is -0.495 e. The molecule has 0 aliphatic rings. The molecule has 0 saturated heterocycles. The molecule has 37 heavy (non-hydrogen) atoms. The van der Waals surface area contributed by atoms with Gasteiger partial charge in [-0.2, -0.15) is 9.07 Å². The van der Waals surface area contributed by atoms with E-state index in [4.69, 9.17) is 22.1 Å². The molecule has 1 aromatic carbocycles. The molecule has 0 fully saturated rings. The third-order valence-corrected chi connectivity index (χ3v) is 6.14. The lowest BCUT2D eigenvalue weighted by molar-refractivity contribution is 0.404. The van der Waals surface area contributed by atoms with E-state index in [1.54, 1.807) is 24.4 Å². The number of aromatic amines is 1. The maximum absolute atomic E-state index is 14.3. The number of anilines is 1. The molecule has 0 amide bonds. The van der Waals surface area contributed by atoms with Gasteiger partial charge in [-0.1, -0.05) is 18.5 Å². The molecular weight excluding hydrogens is 501 g/mol. The molecule has 13 heteroatoms. The van der Waals surface area contributed by atoms with E-state index in [1.807, 2.05) is 6.92 Å². The van der Waals surface area contributed by atoms with Crippen LogP contribution in [0.5, 0.6) is 5.75 Å². The highest BCUT2D eigenvalue weighted by Crippen LogP contribution is 2.35. The van der Waals surface area contributed by atoms with Crippen LogP contribution < -0.4 is 16.0 Å². The van der Waals surface area contributed by atoms with E-state index in [2.05, 4.69) is 30.5 Å². The average molecular weight is 522 g/mol. The molecule has 3 N–H and O–H groups in total. The van der Waals surface area contributed by atoms with Crippen LogP contribution >= 0.6 is 11.6 Å². The number of pyridine rings is 2. The zero-order chi connectivity index (χ0) is 26.1. The van der Waals surface area contributed by atoms with Crippen molar-refractivity contribution in [1.29, 1.82) is 0 Å². The van der Waals surface area contributed by atoms with Crippen LogP contribution in [0, 0.1) is 5.95 Å². The van der Waals surface area contributed by atoms with Crippen LogP contribution in [0.15, 0.2) is 59.9 Å². The van der Waals surface area contributed by atoms with Gasteiger partial charge in [0.25, 0.3) is 5.56 Å². The van der Waals surface area contributed by atoms with E-state index >= 15 is 0 Å². The number of rotatable bonds is 7. The number of tetrazole rings is 1. The van der Waals surface area contributed by atoms with E-state index in [-0.39, 0.29) is 16.9 Å². The van der Waals surface area contributed by atoms with Crippen LogP contribution in [-0.4, -0.2) is 46.8 Å². The molecule has 0 spiro atoms. The Morgan fingerprint density at radius 1 is 1.19 bits per heavy atom. The molecule has 11 nitrogen and oxygen atoms in total. The van der Waals surface area contributed by atoms with Crippen LogP contribution in [0.1, 0.15) is 25.2 Å². The summed E-state index contributed by atoms with van der Waals surface area (Å²) in [6.45, 7) is 1.91. The summed E-state index contributed by atoms with van der Waals surface area (Å²) in [7, 11) is 1.51. The third kappa shape index (κ3) is 4.54. The molecule has 1 unspecified atom stereocenters. The normalized spacial score (nSPS) is 12.0. The Kier molecular flexibility index (Phi) is 6.40. The van der Waals surface area contributed by atoms with Crippen LogP contribution in [0.4, 0.5) is 10.2 Å². The Morgan fingerprint density at radius 2 is 2.03 bits per heavy atom. The number of nitrogens with one attached hydrogen (secondary N) is 1. The van der Waals surface area contributed by atoms with Crippen molar-refractivity contribution in [2.45, 2.75) is 19.4 Å². The Balaban J connectivity index is 1.58. The molecule has 4 aromatic heterocycles. The van der Waals surface area contributed by atoms with Crippen molar-refractivity contribution >= 4 is 17.4 Å². The fourth-order valence-electron chi connectivity index (χ4n) is 4.15. The lowest BCUT2D eigenvalue weighted by atomic mass is 10.0. The van der Waals surface area contributed by atoms with Gasteiger partial charge >= 0.3 is 0 Å². The van der Waals surface area contributed by atoms with Crippen molar-refractivity contribution in [2.75, 3.05) is 12.8 Å². The van der Waals surface area contributed by atoms with E-state index in [9.17, 15) is 9.18 Å². The van der Waals surface area contributed by atoms with Gasteiger partial charge in [0, 0.05) is 22.2 Å². The number of nitrogens with two attached hydrogens (primary N) is 1. The summed E-state index contributed by atoms with van der Waals surface area (Å²) in [6.07, 6.45) is 5.07. The van der Waals surface area contributed by atoms with Crippen LogP contribution in [0.2, 0.25) is 5.02 Å². The molecule has 0 radical (unpaired) electrons. The second-order valence-corrected chi connectivity index (χ2v) is 8.53. The quantitative estimate of drug-likeness (QED) is 0.309. The molecule has 5 aromatic rings. The molecule has 0 aliphatic heterocycles. The number of nitrogen functional groups attached to an aromatic ring is 1. The van der Waals surface area contributed by atoms with Crippen molar-refractivity contribution < 1.29 is 9.13 Å². The molecule has 5 rings (SSSR count). The summed E-state index contributed by atoms with van der Waals surface area (Å²) in [6, 6.07) is 9.18. The minimum atomic E-state index is -0.716. The number of H-pyrrole nitrogens is 1. The number of benzene rings is 1. The van der Waals surface area contributed by atoms with Gasteiger partial charge in [-0.3, -0.25) is 4.79 Å². The van der Waals surface area contributed by atoms with Gasteiger partial charge in [0.1, 0.15) is 23.7 Å². The summed E-state index contributed by atoms with van der Waals surface area (Å²) >= 11 is 6.28. The number of ether oxygens (including phenoxy) is 1. The Bertz CT molecular complexity index is 1630. The predicted molar refractivity (Wildman–Crippen MR) is 135 cm³/mol. The van der Waals surface area contributed by atoms with Crippen molar-refractivity contribution in [3.05, 3.63) is 82.3 Å². The zero-order valence-corrected chi connectivity index (χ0v) is 20.5. The smallest absolute Gasteiger partial charge is 0.252 e. The number of halogens is 2. The second-order valence-electron chi connectivity index (χ2n) is 8.10. The Labute approximate surface area is 214 Å². The number of aromatic nitrogens is 8. The maximum Gasteiger partial charge on any atom is 0.252 e. The van der Waals surface area contributed by atoms with Crippen LogP contribution in [0.3, 0.4) is 0 Å². The number of hydrogen-bond acceptors (Lipinski definition) is 8. The molecule has 1 atom stereocenters. The highest BCUT2D eigenvalue weighted by Gasteiger charge is 2.22. The van der Waals surface area contributed by atoms with E-state index in [0.29, 0.717) is 45.5 Å². The number of methoxy groups -OCH3 is 1. The minimum absolute atomic E-state index is 0.0779. The number of hydrogen-bond donors (Lipinski definition) is 2. The topological polar surface area (TPSA) is 142 Å². The summed E-state index contributed by atoms with van der Waals surface area (Å²) < 4.78 is 23.0. The second kappa shape index (κ2) is 9.82. The summed E-state index contributed by atoms with van der Waals surface area (Å²) in [5.74, 6) is 0.262. The SMILES string of the molecule is CCC(c1ncc(-c2ccc(N)nc2F)[nH]1)n1cc(OC)c(-c2cc(Cl)ccc2-n2cnnn2)cc1=O. The standard InChI is InChI=1S/C24H21ClFN9O2/c1-3-18(24-28-10-17(30-24)14-5-7-21(27)31-23(14)26)34-11-20(37-2)16(9-22(34)36)15-8-13(25)4-6-19(15)35-12-29-32-33-35/h4-12,18H,3H2,1-2H3,(H2,27,31)(H,28,30). The lowest BCUT2D eigenvalue weighted by Gasteiger charge is -2.19. The molecule has 0 bridgehead atoms. The summed E-state index contributed by atoms with van der Waals surface area (Å²) in [5, 5.41) is 11.8. The number of imidazole rings is 1. The van der Waals surface area contributed by atoms with E-state index in [0.717, 1.165) is 0 Å². The van der Waals surface area contributed by atoms with Gasteiger partial charge in [-0.25, -0.2) is 9.97 Å². The van der Waals surface area contributed by atoms with Gasteiger partial charge in [0.15, 0.2) is 0 Å². The average Bonchev–Trinajstić information content (AvgIpc) is 3.58. The van der Waals surface area contributed by atoms with Gasteiger partial charge < -0.3 is 20.0 Å². The predicted octanol–water partition coefficient (Wildman–Crippen LogP) is 3.66. The highest BCUT2D eigenvalue weighted by molar-refractivity contribution is 6.31. The van der Waals surface area contributed by atoms with Crippen molar-refractivity contribution in [1.82, 2.24) is 39.7 Å². The first-order valence-corrected chi connectivity index (χ1v) is 11.6. The van der Waals surface area contributed by atoms with Crippen LogP contribution in [0.25, 0.3) is 28.1 Å². The molecule has 4 heterocycles. The van der Waals surface area contributed by atoms with Crippen molar-refractivity contribution in [2.24, 2.45) is 0 Å². The number of nitrogens with zero attached hydrogens (tertiary/aromatic N) is 7. The molecule has 0 saturated carbocycles. The van der Waals surface area contributed by atoms with E-state index < -0.39 is 12.0 Å². The van der Waals surface area contributed by atoms with Gasteiger partial charge in [-0.05, 0) is 47.2 Å². The summed E-state index contributed by atoms with van der Waals surface area (Å²) in [5.41, 5.74) is 7.64. The van der Waals surface area contributed by atoms with E-state index in [1.165, 1.54) is 47.1 Å². The first-order chi connectivity index (χ1) is 17.9. The van der Waals surface area contributed by atoms with Crippen molar-refractivity contribution in [3.63, 3.8) is 0 Å². The van der Waals surface area contributed by atoms with Gasteiger partial charge in [-0.15, -0.1) is 5.10 Å². The van der Waals surface area contributed by atoms with Crippen LogP contribution in [-0.2, 0) is 0 Å². The highest BCUT2D eigenvalue weighted by atomic mass is 35.5. The lowest BCUT2D eigenvalue weighted by Crippen LogP contribution is -2.25. The first-order valence-electron chi connectivity index (χ1n) is 11.2. The van der Waals surface area contributed by atoms with Crippen molar-refractivity contribution in [3.8, 4) is 33.8 Å². The fourth-order valence-corrected chi connectivity index (χ4v) is 4.33. The van der Waals surface area contributed by atoms with Gasteiger partial charge in [0.05, 0.1) is 42.5 Å². The molecule has 0 aliphatic carbocycles. The monoisotopic (exact) mass is 521 g/mol. The zero-order valence-electron chi connectivity index (χ0n) is 19.8. The largest absolute Gasteiger partial charge is 0.495 e.